The number of hydrogen-bond acceptors (Lipinski definition) is 2. The van der Waals surface area contributed by atoms with E-state index in [4.69, 9.17) is 4.74 Å². The molecule has 0 aliphatic rings. The molecule has 0 saturated heterocycles. The second-order valence-corrected chi connectivity index (χ2v) is 4.35. The van der Waals surface area contributed by atoms with Gasteiger partial charge in [0.05, 0.1) is 0 Å². The Morgan fingerprint density at radius 1 is 1.43 bits per heavy atom. The van der Waals surface area contributed by atoms with E-state index in [0.29, 0.717) is 0 Å². The molecule has 0 bridgehead atoms. The summed E-state index contributed by atoms with van der Waals surface area (Å²) in [6, 6.07) is 0.231. The lowest BCUT2D eigenvalue weighted by Crippen LogP contribution is -2.39. The second kappa shape index (κ2) is 6.12. The Morgan fingerprint density at radius 3 is 2.14 bits per heavy atom. The Morgan fingerprint density at radius 2 is 1.86 bits per heavy atom. The highest BCUT2D eigenvalue weighted by atomic mass is 35.5. The van der Waals surface area contributed by atoms with Crippen LogP contribution in [0.5, 0.6) is 0 Å². The zero-order chi connectivity index (χ0) is 10.6. The van der Waals surface area contributed by atoms with E-state index in [2.05, 4.69) is 0 Å². The molecule has 0 radical (unpaired) electrons. The van der Waals surface area contributed by atoms with Crippen molar-refractivity contribution in [2.45, 2.75) is 52.7 Å². The molecule has 0 aromatic heterocycles. The molecule has 86 valence electrons. The van der Waals surface area contributed by atoms with Gasteiger partial charge in [-0.1, -0.05) is 6.92 Å². The lowest BCUT2D eigenvalue weighted by Gasteiger charge is -2.28. The largest absolute Gasteiger partial charge is 0.444 e. The maximum absolute atomic E-state index is 11.5. The average molecular weight is 224 g/mol. The van der Waals surface area contributed by atoms with E-state index in [1.54, 1.807) is 11.9 Å². The van der Waals surface area contributed by atoms with Crippen LogP contribution in [-0.4, -0.2) is 29.7 Å². The summed E-state index contributed by atoms with van der Waals surface area (Å²) in [4.78, 5) is 13.1. The zero-order valence-electron chi connectivity index (χ0n) is 9.96. The van der Waals surface area contributed by atoms with Gasteiger partial charge < -0.3 is 9.64 Å². The minimum atomic E-state index is -0.404. The van der Waals surface area contributed by atoms with Crippen LogP contribution in [0.1, 0.15) is 41.0 Å². The summed E-state index contributed by atoms with van der Waals surface area (Å²) >= 11 is 0. The topological polar surface area (TPSA) is 29.5 Å². The van der Waals surface area contributed by atoms with Crippen LogP contribution in [0.4, 0.5) is 4.79 Å². The van der Waals surface area contributed by atoms with Crippen LogP contribution in [-0.2, 0) is 4.74 Å². The molecular formula is C10H22ClNO2. The fourth-order valence-corrected chi connectivity index (χ4v) is 0.788. The molecule has 0 aliphatic carbocycles. The van der Waals surface area contributed by atoms with Crippen molar-refractivity contribution in [3.63, 3.8) is 0 Å². The predicted molar refractivity (Wildman–Crippen MR) is 61.0 cm³/mol. The standard InChI is InChI=1S/C10H21NO2.ClH/c1-7-8(2)11(6)9(12)13-10(3,4)5;/h8H,7H2,1-6H3;1H. The molecule has 0 aromatic rings. The molecule has 0 fully saturated rings. The van der Waals surface area contributed by atoms with Gasteiger partial charge in [0.25, 0.3) is 0 Å². The lowest BCUT2D eigenvalue weighted by atomic mass is 10.2. The van der Waals surface area contributed by atoms with E-state index in [1.807, 2.05) is 34.6 Å². The Hall–Kier alpha value is -0.440. The smallest absolute Gasteiger partial charge is 0.410 e. The maximum Gasteiger partial charge on any atom is 0.410 e. The van der Waals surface area contributed by atoms with Crippen molar-refractivity contribution in [3.05, 3.63) is 0 Å². The van der Waals surface area contributed by atoms with Gasteiger partial charge in [0.1, 0.15) is 5.60 Å². The minimum absolute atomic E-state index is 0. The van der Waals surface area contributed by atoms with Gasteiger partial charge in [-0.3, -0.25) is 0 Å². The van der Waals surface area contributed by atoms with E-state index < -0.39 is 5.60 Å². The molecule has 0 N–H and O–H groups in total. The molecule has 0 rings (SSSR count). The Balaban J connectivity index is 0. The van der Waals surface area contributed by atoms with Crippen molar-refractivity contribution in [1.82, 2.24) is 4.90 Å². The zero-order valence-corrected chi connectivity index (χ0v) is 10.8. The van der Waals surface area contributed by atoms with Crippen molar-refractivity contribution in [2.75, 3.05) is 7.05 Å². The summed E-state index contributed by atoms with van der Waals surface area (Å²) in [7, 11) is 1.77. The number of nitrogens with zero attached hydrogens (tertiary/aromatic N) is 1. The third-order valence-corrected chi connectivity index (χ3v) is 1.93. The first kappa shape index (κ1) is 16.0. The first-order valence-corrected chi connectivity index (χ1v) is 4.73. The molecule has 0 spiro atoms. The fraction of sp³-hybridized carbons (Fsp3) is 0.900. The van der Waals surface area contributed by atoms with Crippen LogP contribution in [0, 0.1) is 0 Å². The predicted octanol–water partition coefficient (Wildman–Crippen LogP) is 3.07. The molecule has 0 saturated carbocycles. The van der Waals surface area contributed by atoms with E-state index in [9.17, 15) is 4.79 Å². The number of rotatable bonds is 2. The van der Waals surface area contributed by atoms with E-state index in [0.717, 1.165) is 6.42 Å². The highest BCUT2D eigenvalue weighted by Crippen LogP contribution is 2.11. The molecule has 0 heterocycles. The maximum atomic E-state index is 11.5. The number of amides is 1. The van der Waals surface area contributed by atoms with Crippen LogP contribution in [0.2, 0.25) is 0 Å². The first-order chi connectivity index (χ1) is 5.78. The van der Waals surface area contributed by atoms with Gasteiger partial charge in [0.15, 0.2) is 0 Å². The lowest BCUT2D eigenvalue weighted by molar-refractivity contribution is 0.0233. The summed E-state index contributed by atoms with van der Waals surface area (Å²) < 4.78 is 5.21. The molecule has 1 unspecified atom stereocenters. The molecule has 0 aromatic carbocycles. The minimum Gasteiger partial charge on any atom is -0.444 e. The monoisotopic (exact) mass is 223 g/mol. The van der Waals surface area contributed by atoms with E-state index in [-0.39, 0.29) is 24.5 Å². The highest BCUT2D eigenvalue weighted by Gasteiger charge is 2.21. The molecule has 1 atom stereocenters. The number of halogens is 1. The van der Waals surface area contributed by atoms with Gasteiger partial charge in [-0.05, 0) is 34.1 Å². The molecular weight excluding hydrogens is 202 g/mol. The second-order valence-electron chi connectivity index (χ2n) is 4.35. The van der Waals surface area contributed by atoms with E-state index in [1.165, 1.54) is 0 Å². The third-order valence-electron chi connectivity index (χ3n) is 1.93. The number of hydrogen-bond donors (Lipinski definition) is 0. The van der Waals surface area contributed by atoms with Crippen molar-refractivity contribution < 1.29 is 9.53 Å². The van der Waals surface area contributed by atoms with Crippen LogP contribution in [0.15, 0.2) is 0 Å². The van der Waals surface area contributed by atoms with Crippen molar-refractivity contribution in [1.29, 1.82) is 0 Å². The van der Waals surface area contributed by atoms with Gasteiger partial charge in [-0.2, -0.15) is 0 Å². The normalized spacial score (nSPS) is 12.7. The molecule has 1 amide bonds. The SMILES string of the molecule is CCC(C)N(C)C(=O)OC(C)(C)C.Cl. The van der Waals surface area contributed by atoms with Crippen LogP contribution in [0.25, 0.3) is 0 Å². The number of carbonyl (C=O) groups is 1. The van der Waals surface area contributed by atoms with Crippen LogP contribution in [0.3, 0.4) is 0 Å². The summed E-state index contributed by atoms with van der Waals surface area (Å²) in [6.45, 7) is 9.66. The van der Waals surface area contributed by atoms with Crippen molar-refractivity contribution >= 4 is 18.5 Å². The summed E-state index contributed by atoms with van der Waals surface area (Å²) in [5.41, 5.74) is -0.404. The molecule has 0 aliphatic heterocycles. The quantitative estimate of drug-likeness (QED) is 0.720. The number of ether oxygens (including phenoxy) is 1. The van der Waals surface area contributed by atoms with Crippen molar-refractivity contribution in [3.8, 4) is 0 Å². The molecule has 14 heavy (non-hydrogen) atoms. The Kier molecular flexibility index (Phi) is 7.00. The van der Waals surface area contributed by atoms with Gasteiger partial charge in [0, 0.05) is 13.1 Å². The fourth-order valence-electron chi connectivity index (χ4n) is 0.788. The van der Waals surface area contributed by atoms with Crippen molar-refractivity contribution in [2.24, 2.45) is 0 Å². The summed E-state index contributed by atoms with van der Waals surface area (Å²) in [6.07, 6.45) is 0.692. The Labute approximate surface area is 93.2 Å². The summed E-state index contributed by atoms with van der Waals surface area (Å²) in [5.74, 6) is 0. The molecule has 4 heteroatoms. The number of carbonyl (C=O) groups excluding carboxylic acids is 1. The van der Waals surface area contributed by atoms with Gasteiger partial charge >= 0.3 is 6.09 Å². The highest BCUT2D eigenvalue weighted by molar-refractivity contribution is 5.85. The van der Waals surface area contributed by atoms with Gasteiger partial charge in [-0.15, -0.1) is 12.4 Å². The summed E-state index contributed by atoms with van der Waals surface area (Å²) in [5, 5.41) is 0. The first-order valence-electron chi connectivity index (χ1n) is 4.73. The van der Waals surface area contributed by atoms with Crippen LogP contribution >= 0.6 is 12.4 Å². The molecule has 3 nitrogen and oxygen atoms in total. The van der Waals surface area contributed by atoms with Gasteiger partial charge in [0.2, 0.25) is 0 Å². The third kappa shape index (κ3) is 6.08. The average Bonchev–Trinajstić information content (AvgIpc) is 1.98. The van der Waals surface area contributed by atoms with Crippen LogP contribution < -0.4 is 0 Å². The van der Waals surface area contributed by atoms with Gasteiger partial charge in [-0.25, -0.2) is 4.79 Å². The van der Waals surface area contributed by atoms with E-state index >= 15 is 0 Å². The Bertz CT molecular complexity index is 177.